The zero-order chi connectivity index (χ0) is 14.4. The van der Waals surface area contributed by atoms with E-state index >= 15 is 0 Å². The number of rotatable bonds is 6. The third kappa shape index (κ3) is 5.09. The summed E-state index contributed by atoms with van der Waals surface area (Å²) >= 11 is 0. The van der Waals surface area contributed by atoms with Crippen molar-refractivity contribution in [3.05, 3.63) is 0 Å². The van der Waals surface area contributed by atoms with Crippen molar-refractivity contribution >= 4 is 12.0 Å². The molecule has 2 amide bonds. The highest BCUT2D eigenvalue weighted by Crippen LogP contribution is 2.23. The lowest BCUT2D eigenvalue weighted by molar-refractivity contribution is -0.138. The Balaban J connectivity index is 2.53. The Morgan fingerprint density at radius 3 is 2.32 bits per heavy atom. The maximum Gasteiger partial charge on any atom is 0.323 e. The van der Waals surface area contributed by atoms with Crippen LogP contribution in [0.1, 0.15) is 46.5 Å². The highest BCUT2D eigenvalue weighted by atomic mass is 16.4. The molecule has 1 atom stereocenters. The van der Waals surface area contributed by atoms with Gasteiger partial charge in [0, 0.05) is 12.6 Å². The summed E-state index contributed by atoms with van der Waals surface area (Å²) in [5.41, 5.74) is 0. The van der Waals surface area contributed by atoms with Crippen LogP contribution in [0.3, 0.4) is 0 Å². The first-order chi connectivity index (χ1) is 8.91. The second-order valence-electron chi connectivity index (χ2n) is 5.87. The molecule has 0 spiro atoms. The second kappa shape index (κ2) is 7.36. The summed E-state index contributed by atoms with van der Waals surface area (Å²) in [6.45, 7) is 6.71. The van der Waals surface area contributed by atoms with Gasteiger partial charge in [0.25, 0.3) is 0 Å². The lowest BCUT2D eigenvalue weighted by Gasteiger charge is -2.28. The molecule has 1 fully saturated rings. The molecule has 1 aliphatic rings. The summed E-state index contributed by atoms with van der Waals surface area (Å²) in [6.07, 6.45) is 3.99. The van der Waals surface area contributed by atoms with E-state index in [1.807, 2.05) is 0 Å². The monoisotopic (exact) mass is 270 g/mol. The molecule has 0 saturated heterocycles. The van der Waals surface area contributed by atoms with Crippen LogP contribution >= 0.6 is 0 Å². The quantitative estimate of drug-likeness (QED) is 0.778. The largest absolute Gasteiger partial charge is 0.480 e. The van der Waals surface area contributed by atoms with Gasteiger partial charge in [0.05, 0.1) is 0 Å². The van der Waals surface area contributed by atoms with Crippen LogP contribution in [0, 0.1) is 11.8 Å². The predicted molar refractivity (Wildman–Crippen MR) is 74.0 cm³/mol. The van der Waals surface area contributed by atoms with Crippen molar-refractivity contribution in [1.29, 1.82) is 0 Å². The fourth-order valence-corrected chi connectivity index (χ4v) is 2.31. The minimum atomic E-state index is -0.945. The summed E-state index contributed by atoms with van der Waals surface area (Å²) in [5, 5.41) is 11.8. The van der Waals surface area contributed by atoms with Gasteiger partial charge >= 0.3 is 12.0 Å². The third-order valence-corrected chi connectivity index (χ3v) is 4.05. The number of carboxylic acids is 1. The van der Waals surface area contributed by atoms with Crippen LogP contribution in [0.15, 0.2) is 0 Å². The van der Waals surface area contributed by atoms with Crippen molar-refractivity contribution in [2.45, 2.75) is 52.5 Å². The number of carboxylic acid groups (broad SMARTS) is 1. The van der Waals surface area contributed by atoms with Crippen LogP contribution in [-0.2, 0) is 4.79 Å². The van der Waals surface area contributed by atoms with Crippen LogP contribution in [0.5, 0.6) is 0 Å². The van der Waals surface area contributed by atoms with Gasteiger partial charge in [-0.05, 0) is 24.7 Å². The van der Waals surface area contributed by atoms with E-state index in [1.54, 1.807) is 0 Å². The van der Waals surface area contributed by atoms with Gasteiger partial charge in [0.2, 0.25) is 0 Å². The molecule has 19 heavy (non-hydrogen) atoms. The van der Waals surface area contributed by atoms with Gasteiger partial charge in [-0.3, -0.25) is 4.79 Å². The Morgan fingerprint density at radius 1 is 1.26 bits per heavy atom. The number of aliphatic carboxylic acids is 1. The summed E-state index contributed by atoms with van der Waals surface area (Å²) in [7, 11) is 0. The summed E-state index contributed by atoms with van der Waals surface area (Å²) in [6, 6.07) is -0.146. The fourth-order valence-electron chi connectivity index (χ4n) is 2.31. The van der Waals surface area contributed by atoms with Gasteiger partial charge in [-0.1, -0.05) is 33.6 Å². The van der Waals surface area contributed by atoms with Crippen LogP contribution in [0.4, 0.5) is 4.79 Å². The van der Waals surface area contributed by atoms with Gasteiger partial charge in [-0.25, -0.2) is 4.79 Å². The number of carbonyl (C=O) groups excluding carboxylic acids is 1. The summed E-state index contributed by atoms with van der Waals surface area (Å²) in [5.74, 6) is -0.0575. The van der Waals surface area contributed by atoms with Crippen LogP contribution < -0.4 is 5.32 Å². The first kappa shape index (κ1) is 15.8. The van der Waals surface area contributed by atoms with Gasteiger partial charge < -0.3 is 15.3 Å². The highest BCUT2D eigenvalue weighted by Gasteiger charge is 2.28. The first-order valence-corrected chi connectivity index (χ1v) is 7.18. The SMILES string of the molecule is CC(C)C(C)CNC(=O)N(CC(=O)O)C1CCCC1. The fraction of sp³-hybridized carbons (Fsp3) is 0.857. The van der Waals surface area contributed by atoms with E-state index in [-0.39, 0.29) is 18.6 Å². The van der Waals surface area contributed by atoms with Crippen LogP contribution in [-0.4, -0.2) is 41.1 Å². The van der Waals surface area contributed by atoms with Crippen LogP contribution in [0.25, 0.3) is 0 Å². The zero-order valence-corrected chi connectivity index (χ0v) is 12.2. The summed E-state index contributed by atoms with van der Waals surface area (Å²) in [4.78, 5) is 24.5. The Morgan fingerprint density at radius 2 is 1.84 bits per heavy atom. The maximum absolute atomic E-state index is 12.1. The number of nitrogens with one attached hydrogen (secondary N) is 1. The van der Waals surface area contributed by atoms with Crippen molar-refractivity contribution in [1.82, 2.24) is 10.2 Å². The summed E-state index contributed by atoms with van der Waals surface area (Å²) < 4.78 is 0. The molecule has 2 N–H and O–H groups in total. The molecule has 0 aromatic heterocycles. The first-order valence-electron chi connectivity index (χ1n) is 7.18. The van der Waals surface area contributed by atoms with E-state index in [0.29, 0.717) is 18.4 Å². The van der Waals surface area contributed by atoms with Gasteiger partial charge in [-0.2, -0.15) is 0 Å². The van der Waals surface area contributed by atoms with Gasteiger partial charge in [-0.15, -0.1) is 0 Å². The van der Waals surface area contributed by atoms with Crippen molar-refractivity contribution < 1.29 is 14.7 Å². The standard InChI is InChI=1S/C14H26N2O3/c1-10(2)11(3)8-15-14(19)16(9-13(17)18)12-6-4-5-7-12/h10-12H,4-9H2,1-3H3,(H,15,19)(H,17,18). The number of amides is 2. The topological polar surface area (TPSA) is 69.6 Å². The number of carbonyl (C=O) groups is 2. The number of hydrogen-bond donors (Lipinski definition) is 2. The van der Waals surface area contributed by atoms with Gasteiger partial charge in [0.15, 0.2) is 0 Å². The van der Waals surface area contributed by atoms with E-state index in [0.717, 1.165) is 25.7 Å². The second-order valence-corrected chi connectivity index (χ2v) is 5.87. The van der Waals surface area contributed by atoms with E-state index in [1.165, 1.54) is 4.90 Å². The number of urea groups is 1. The molecular weight excluding hydrogens is 244 g/mol. The average Bonchev–Trinajstić information content (AvgIpc) is 2.85. The van der Waals surface area contributed by atoms with E-state index in [2.05, 4.69) is 26.1 Å². The number of hydrogen-bond acceptors (Lipinski definition) is 2. The highest BCUT2D eigenvalue weighted by molar-refractivity contribution is 5.80. The average molecular weight is 270 g/mol. The molecule has 0 aromatic carbocycles. The van der Waals surface area contributed by atoms with Crippen molar-refractivity contribution in [3.8, 4) is 0 Å². The minimum absolute atomic E-state index is 0.0884. The lowest BCUT2D eigenvalue weighted by atomic mass is 9.98. The smallest absolute Gasteiger partial charge is 0.323 e. The molecule has 0 bridgehead atoms. The third-order valence-electron chi connectivity index (χ3n) is 4.05. The Labute approximate surface area is 115 Å². The Kier molecular flexibility index (Phi) is 6.12. The van der Waals surface area contributed by atoms with Gasteiger partial charge in [0.1, 0.15) is 6.54 Å². The van der Waals surface area contributed by atoms with Crippen molar-refractivity contribution in [2.24, 2.45) is 11.8 Å². The van der Waals surface area contributed by atoms with E-state index in [9.17, 15) is 9.59 Å². The lowest BCUT2D eigenvalue weighted by Crippen LogP contribution is -2.48. The van der Waals surface area contributed by atoms with E-state index < -0.39 is 5.97 Å². The zero-order valence-electron chi connectivity index (χ0n) is 12.2. The molecule has 0 heterocycles. The Bertz CT molecular complexity index is 312. The number of nitrogens with zero attached hydrogens (tertiary/aromatic N) is 1. The minimum Gasteiger partial charge on any atom is -0.480 e. The maximum atomic E-state index is 12.1. The Hall–Kier alpha value is -1.26. The molecule has 110 valence electrons. The molecule has 1 saturated carbocycles. The molecule has 1 rings (SSSR count). The molecule has 0 radical (unpaired) electrons. The predicted octanol–water partition coefficient (Wildman–Crippen LogP) is 2.32. The molecule has 5 nitrogen and oxygen atoms in total. The van der Waals surface area contributed by atoms with Crippen molar-refractivity contribution in [3.63, 3.8) is 0 Å². The normalized spacial score (nSPS) is 17.5. The van der Waals surface area contributed by atoms with E-state index in [4.69, 9.17) is 5.11 Å². The van der Waals surface area contributed by atoms with Crippen LogP contribution in [0.2, 0.25) is 0 Å². The molecule has 1 aliphatic carbocycles. The molecule has 0 aliphatic heterocycles. The van der Waals surface area contributed by atoms with Crippen molar-refractivity contribution in [2.75, 3.05) is 13.1 Å². The molecule has 1 unspecified atom stereocenters. The molecule has 5 heteroatoms. The molecular formula is C14H26N2O3. The molecule has 0 aromatic rings.